The summed E-state index contributed by atoms with van der Waals surface area (Å²) in [6.45, 7) is 6.06. The second-order valence-electron chi connectivity index (χ2n) is 6.13. The average molecular weight is 273 g/mol. The molecule has 1 saturated heterocycles. The molecule has 0 amide bonds. The quantitative estimate of drug-likeness (QED) is 0.828. The lowest BCUT2D eigenvalue weighted by Crippen LogP contribution is -2.47. The van der Waals surface area contributed by atoms with Crippen LogP contribution in [-0.4, -0.2) is 29.6 Å². The largest absolute Gasteiger partial charge is 0.300 e. The number of benzene rings is 1. The van der Waals surface area contributed by atoms with Crippen LogP contribution in [-0.2, 0) is 16.1 Å². The van der Waals surface area contributed by atoms with Crippen molar-refractivity contribution in [1.29, 1.82) is 0 Å². The van der Waals surface area contributed by atoms with Gasteiger partial charge in [0.2, 0.25) is 0 Å². The number of ketones is 2. The molecule has 0 N–H and O–H groups in total. The number of nitrogens with zero attached hydrogens (tertiary/aromatic N) is 1. The topological polar surface area (TPSA) is 37.4 Å². The lowest BCUT2D eigenvalue weighted by Gasteiger charge is -2.39. The highest BCUT2D eigenvalue weighted by atomic mass is 16.1. The third kappa shape index (κ3) is 3.76. The average Bonchev–Trinajstić information content (AvgIpc) is 2.42. The molecule has 0 radical (unpaired) electrons. The normalized spacial score (nSPS) is 23.8. The highest BCUT2D eigenvalue weighted by Gasteiger charge is 2.38. The van der Waals surface area contributed by atoms with E-state index in [9.17, 15) is 9.59 Å². The van der Waals surface area contributed by atoms with Crippen LogP contribution in [0, 0.1) is 5.41 Å². The van der Waals surface area contributed by atoms with Crippen molar-refractivity contribution in [2.24, 2.45) is 5.41 Å². The van der Waals surface area contributed by atoms with E-state index in [1.54, 1.807) is 6.92 Å². The van der Waals surface area contributed by atoms with Crippen LogP contribution in [0.1, 0.15) is 38.7 Å². The van der Waals surface area contributed by atoms with Crippen LogP contribution in [0.3, 0.4) is 0 Å². The minimum absolute atomic E-state index is 0.166. The van der Waals surface area contributed by atoms with E-state index >= 15 is 0 Å². The Labute approximate surface area is 121 Å². The second kappa shape index (κ2) is 6.31. The molecule has 3 heteroatoms. The Hall–Kier alpha value is -1.48. The van der Waals surface area contributed by atoms with E-state index in [1.807, 2.05) is 25.1 Å². The number of hydrogen-bond acceptors (Lipinski definition) is 3. The predicted molar refractivity (Wildman–Crippen MR) is 79.4 cm³/mol. The number of Topliss-reactive ketones (excluding diaryl/α,β-unsaturated/α-hetero) is 2. The second-order valence-corrected chi connectivity index (χ2v) is 6.13. The van der Waals surface area contributed by atoms with Crippen molar-refractivity contribution in [1.82, 2.24) is 4.90 Å². The Morgan fingerprint density at radius 3 is 2.65 bits per heavy atom. The van der Waals surface area contributed by atoms with Crippen molar-refractivity contribution in [3.63, 3.8) is 0 Å². The molecule has 20 heavy (non-hydrogen) atoms. The van der Waals surface area contributed by atoms with E-state index in [4.69, 9.17) is 0 Å². The highest BCUT2D eigenvalue weighted by Crippen LogP contribution is 2.31. The molecule has 1 aliphatic rings. The fourth-order valence-corrected chi connectivity index (χ4v) is 2.87. The first-order valence-electron chi connectivity index (χ1n) is 7.29. The van der Waals surface area contributed by atoms with Gasteiger partial charge >= 0.3 is 0 Å². The minimum Gasteiger partial charge on any atom is -0.300 e. The van der Waals surface area contributed by atoms with Crippen molar-refractivity contribution < 1.29 is 9.59 Å². The van der Waals surface area contributed by atoms with Gasteiger partial charge in [-0.2, -0.15) is 0 Å². The zero-order chi connectivity index (χ0) is 14.6. The molecule has 0 saturated carbocycles. The lowest BCUT2D eigenvalue weighted by molar-refractivity contribution is -0.134. The maximum absolute atomic E-state index is 12.2. The number of likely N-dealkylation sites (tertiary alicyclic amines) is 1. The molecule has 2 rings (SSSR count). The minimum atomic E-state index is -0.362. The fraction of sp³-hybridized carbons (Fsp3) is 0.529. The molecule has 3 nitrogen and oxygen atoms in total. The molecule has 1 aromatic rings. The summed E-state index contributed by atoms with van der Waals surface area (Å²) < 4.78 is 0. The van der Waals surface area contributed by atoms with Gasteiger partial charge in [0.25, 0.3) is 0 Å². The van der Waals surface area contributed by atoms with Crippen LogP contribution in [0.4, 0.5) is 0 Å². The van der Waals surface area contributed by atoms with Crippen molar-refractivity contribution in [2.75, 3.05) is 13.1 Å². The zero-order valence-electron chi connectivity index (χ0n) is 12.4. The van der Waals surface area contributed by atoms with E-state index in [1.165, 1.54) is 5.56 Å². The van der Waals surface area contributed by atoms with Crippen LogP contribution >= 0.6 is 0 Å². The van der Waals surface area contributed by atoms with Crippen molar-refractivity contribution in [3.8, 4) is 0 Å². The van der Waals surface area contributed by atoms with Crippen molar-refractivity contribution in [3.05, 3.63) is 35.9 Å². The first-order chi connectivity index (χ1) is 9.49. The van der Waals surface area contributed by atoms with Gasteiger partial charge in [0.15, 0.2) is 0 Å². The lowest BCUT2D eigenvalue weighted by atomic mass is 9.76. The standard InChI is InChI=1S/C17H23NO2/c1-14(19)8-10-17(2)13-18(11-9-16(17)20)12-15-6-4-3-5-7-15/h3-7H,8-13H2,1-2H3/t17-/m1/s1. The summed E-state index contributed by atoms with van der Waals surface area (Å²) in [5.74, 6) is 0.474. The van der Waals surface area contributed by atoms with E-state index in [0.717, 1.165) is 19.6 Å². The van der Waals surface area contributed by atoms with E-state index < -0.39 is 0 Å². The molecule has 1 fully saturated rings. The Morgan fingerprint density at radius 1 is 1.30 bits per heavy atom. The van der Waals surface area contributed by atoms with Gasteiger partial charge in [-0.25, -0.2) is 0 Å². The number of piperidine rings is 1. The molecule has 1 aromatic carbocycles. The predicted octanol–water partition coefficient (Wildman–Crippen LogP) is 2.84. The number of rotatable bonds is 5. The first-order valence-corrected chi connectivity index (χ1v) is 7.29. The Balaban J connectivity index is 2.00. The van der Waals surface area contributed by atoms with Gasteiger partial charge in [0.1, 0.15) is 11.6 Å². The molecule has 108 valence electrons. The third-order valence-electron chi connectivity index (χ3n) is 4.18. The molecule has 0 unspecified atom stereocenters. The summed E-state index contributed by atoms with van der Waals surface area (Å²) in [4.78, 5) is 25.7. The van der Waals surface area contributed by atoms with Gasteiger partial charge in [-0.15, -0.1) is 0 Å². The molecule has 0 spiro atoms. The smallest absolute Gasteiger partial charge is 0.141 e. The Morgan fingerprint density at radius 2 is 2.00 bits per heavy atom. The molecule has 1 heterocycles. The fourth-order valence-electron chi connectivity index (χ4n) is 2.87. The Kier molecular flexibility index (Phi) is 4.71. The van der Waals surface area contributed by atoms with Gasteiger partial charge in [0.05, 0.1) is 0 Å². The number of hydrogen-bond donors (Lipinski definition) is 0. The third-order valence-corrected chi connectivity index (χ3v) is 4.18. The number of carbonyl (C=O) groups excluding carboxylic acids is 2. The SMILES string of the molecule is CC(=O)CC[C@]1(C)CN(Cc2ccccc2)CCC1=O. The number of carbonyl (C=O) groups is 2. The molecule has 0 bridgehead atoms. The zero-order valence-corrected chi connectivity index (χ0v) is 12.4. The molecular weight excluding hydrogens is 250 g/mol. The van der Waals surface area contributed by atoms with Gasteiger partial charge in [-0.1, -0.05) is 37.3 Å². The summed E-state index contributed by atoms with van der Waals surface area (Å²) in [7, 11) is 0. The summed E-state index contributed by atoms with van der Waals surface area (Å²) in [5, 5.41) is 0. The molecule has 1 aliphatic heterocycles. The maximum Gasteiger partial charge on any atom is 0.141 e. The van der Waals surface area contributed by atoms with Gasteiger partial charge in [-0.05, 0) is 18.9 Å². The maximum atomic E-state index is 12.2. The highest BCUT2D eigenvalue weighted by molar-refractivity contribution is 5.86. The van der Waals surface area contributed by atoms with E-state index in [2.05, 4.69) is 17.0 Å². The molecule has 1 atom stereocenters. The van der Waals surface area contributed by atoms with Crippen LogP contribution in [0.25, 0.3) is 0 Å². The van der Waals surface area contributed by atoms with Gasteiger partial charge in [-0.3, -0.25) is 9.69 Å². The van der Waals surface area contributed by atoms with Gasteiger partial charge < -0.3 is 4.79 Å². The van der Waals surface area contributed by atoms with Crippen LogP contribution < -0.4 is 0 Å². The van der Waals surface area contributed by atoms with Gasteiger partial charge in [0, 0.05) is 37.9 Å². The summed E-state index contributed by atoms with van der Waals surface area (Å²) in [5.41, 5.74) is 0.911. The van der Waals surface area contributed by atoms with Crippen LogP contribution in [0.2, 0.25) is 0 Å². The monoisotopic (exact) mass is 273 g/mol. The van der Waals surface area contributed by atoms with Crippen molar-refractivity contribution >= 4 is 11.6 Å². The molecular formula is C17H23NO2. The first kappa shape index (κ1) is 14.9. The van der Waals surface area contributed by atoms with Crippen LogP contribution in [0.15, 0.2) is 30.3 Å². The summed E-state index contributed by atoms with van der Waals surface area (Å²) in [6.07, 6.45) is 1.77. The molecule has 0 aromatic heterocycles. The van der Waals surface area contributed by atoms with E-state index in [0.29, 0.717) is 25.0 Å². The Bertz CT molecular complexity index is 483. The van der Waals surface area contributed by atoms with Crippen molar-refractivity contribution in [2.45, 2.75) is 39.7 Å². The summed E-state index contributed by atoms with van der Waals surface area (Å²) in [6, 6.07) is 10.3. The molecule has 0 aliphatic carbocycles. The van der Waals surface area contributed by atoms with E-state index in [-0.39, 0.29) is 11.2 Å². The van der Waals surface area contributed by atoms with Crippen LogP contribution in [0.5, 0.6) is 0 Å². The summed E-state index contributed by atoms with van der Waals surface area (Å²) >= 11 is 0.